The monoisotopic (exact) mass is 241 g/mol. The summed E-state index contributed by atoms with van der Waals surface area (Å²) in [6.07, 6.45) is 2.96. The minimum Gasteiger partial charge on any atom is -0.347 e. The van der Waals surface area contributed by atoms with Crippen LogP contribution in [0.25, 0.3) is 0 Å². The van der Waals surface area contributed by atoms with Gasteiger partial charge in [0.15, 0.2) is 0 Å². The van der Waals surface area contributed by atoms with Crippen LogP contribution in [-0.2, 0) is 9.59 Å². The van der Waals surface area contributed by atoms with Crippen LogP contribution in [0.1, 0.15) is 26.2 Å². The molecule has 0 aromatic rings. The number of nitrogens with one attached hydrogen (secondary N) is 1. The molecule has 3 N–H and O–H groups in total. The molecular weight excluding hydrogens is 218 g/mol. The van der Waals surface area contributed by atoms with Gasteiger partial charge in [-0.1, -0.05) is 6.42 Å². The summed E-state index contributed by atoms with van der Waals surface area (Å²) in [7, 11) is 3.37. The number of hydrogen-bond donors (Lipinski definition) is 2. The van der Waals surface area contributed by atoms with Gasteiger partial charge in [0.05, 0.1) is 0 Å². The number of carbonyl (C=O) groups is 2. The third kappa shape index (κ3) is 3.43. The normalized spacial score (nSPS) is 25.4. The smallest absolute Gasteiger partial charge is 0.244 e. The Hall–Kier alpha value is -1.10. The number of nitrogens with two attached hydrogens (primary N) is 1. The van der Waals surface area contributed by atoms with Crippen molar-refractivity contribution in [3.63, 3.8) is 0 Å². The van der Waals surface area contributed by atoms with Gasteiger partial charge in [-0.05, 0) is 32.2 Å². The maximum absolute atomic E-state index is 12.0. The zero-order chi connectivity index (χ0) is 13.0. The van der Waals surface area contributed by atoms with Gasteiger partial charge in [-0.25, -0.2) is 0 Å². The number of likely N-dealkylation sites (N-methyl/N-ethyl adjacent to an activating group) is 1. The van der Waals surface area contributed by atoms with E-state index in [2.05, 4.69) is 5.32 Å². The van der Waals surface area contributed by atoms with Crippen LogP contribution in [0.4, 0.5) is 0 Å². The Labute approximate surface area is 103 Å². The summed E-state index contributed by atoms with van der Waals surface area (Å²) in [4.78, 5) is 25.1. The molecule has 1 aliphatic carbocycles. The highest BCUT2D eigenvalue weighted by molar-refractivity contribution is 5.88. The third-order valence-electron chi connectivity index (χ3n) is 3.47. The van der Waals surface area contributed by atoms with Crippen molar-refractivity contribution in [1.82, 2.24) is 10.2 Å². The predicted molar refractivity (Wildman–Crippen MR) is 66.2 cm³/mol. The van der Waals surface area contributed by atoms with Crippen LogP contribution in [0.2, 0.25) is 0 Å². The predicted octanol–water partition coefficient (Wildman–Crippen LogP) is -0.0457. The van der Waals surface area contributed by atoms with Crippen molar-refractivity contribution < 1.29 is 9.59 Å². The molecule has 98 valence electrons. The average molecular weight is 241 g/mol. The number of nitrogens with zero attached hydrogens (tertiary/aromatic N) is 1. The molecule has 0 aromatic heterocycles. The lowest BCUT2D eigenvalue weighted by molar-refractivity contribution is -0.135. The largest absolute Gasteiger partial charge is 0.347 e. The maximum Gasteiger partial charge on any atom is 0.244 e. The van der Waals surface area contributed by atoms with Gasteiger partial charge < -0.3 is 16.0 Å². The first-order valence-corrected chi connectivity index (χ1v) is 6.19. The second kappa shape index (κ2) is 6.00. The van der Waals surface area contributed by atoms with E-state index in [1.54, 1.807) is 21.0 Å². The van der Waals surface area contributed by atoms with Gasteiger partial charge in [0.25, 0.3) is 0 Å². The first kappa shape index (κ1) is 14.0. The fraction of sp³-hybridized carbons (Fsp3) is 0.833. The van der Waals surface area contributed by atoms with E-state index in [1.165, 1.54) is 4.90 Å². The summed E-state index contributed by atoms with van der Waals surface area (Å²) in [6, 6.07) is -0.462. The van der Waals surface area contributed by atoms with Gasteiger partial charge in [0.1, 0.15) is 6.04 Å². The second-order valence-electron chi connectivity index (χ2n) is 5.00. The minimum absolute atomic E-state index is 0.0163. The number of rotatable bonds is 4. The Bertz CT molecular complexity index is 291. The van der Waals surface area contributed by atoms with Gasteiger partial charge in [-0.15, -0.1) is 0 Å². The molecule has 0 saturated heterocycles. The topological polar surface area (TPSA) is 75.4 Å². The van der Waals surface area contributed by atoms with Crippen LogP contribution in [0.5, 0.6) is 0 Å². The molecule has 0 spiro atoms. The zero-order valence-corrected chi connectivity index (χ0v) is 10.9. The van der Waals surface area contributed by atoms with Crippen molar-refractivity contribution in [1.29, 1.82) is 0 Å². The molecule has 17 heavy (non-hydrogen) atoms. The molecule has 5 heteroatoms. The summed E-state index contributed by atoms with van der Waals surface area (Å²) in [5, 5.41) is 2.78. The van der Waals surface area contributed by atoms with E-state index in [9.17, 15) is 9.59 Å². The van der Waals surface area contributed by atoms with E-state index >= 15 is 0 Å². The summed E-state index contributed by atoms with van der Waals surface area (Å²) in [5.74, 6) is 0.148. The first-order valence-electron chi connectivity index (χ1n) is 6.19. The van der Waals surface area contributed by atoms with E-state index in [1.807, 2.05) is 0 Å². The molecule has 0 aromatic carbocycles. The summed E-state index contributed by atoms with van der Waals surface area (Å²) in [5.41, 5.74) is 5.65. The molecule has 1 aliphatic rings. The SMILES string of the molecule is CC(NC(=O)C1CCCC1CN)C(=O)N(C)C. The lowest BCUT2D eigenvalue weighted by Crippen LogP contribution is -2.47. The van der Waals surface area contributed by atoms with Crippen LogP contribution >= 0.6 is 0 Å². The van der Waals surface area contributed by atoms with Gasteiger partial charge in [0, 0.05) is 20.0 Å². The standard InChI is InChI=1S/C12H23N3O2/c1-8(12(17)15(2)3)14-11(16)10-6-4-5-9(10)7-13/h8-10H,4-7,13H2,1-3H3,(H,14,16). The van der Waals surface area contributed by atoms with Crippen LogP contribution < -0.4 is 11.1 Å². The molecule has 0 aliphatic heterocycles. The molecule has 1 rings (SSSR count). The van der Waals surface area contributed by atoms with E-state index in [4.69, 9.17) is 5.73 Å². The Morgan fingerprint density at radius 2 is 2.06 bits per heavy atom. The third-order valence-corrected chi connectivity index (χ3v) is 3.47. The van der Waals surface area contributed by atoms with Crippen molar-refractivity contribution in [3.8, 4) is 0 Å². The quantitative estimate of drug-likeness (QED) is 0.725. The van der Waals surface area contributed by atoms with Crippen LogP contribution in [0.3, 0.4) is 0 Å². The zero-order valence-electron chi connectivity index (χ0n) is 10.9. The van der Waals surface area contributed by atoms with E-state index in [0.717, 1.165) is 19.3 Å². The maximum atomic E-state index is 12.0. The van der Waals surface area contributed by atoms with Crippen molar-refractivity contribution in [2.75, 3.05) is 20.6 Å². The van der Waals surface area contributed by atoms with E-state index in [-0.39, 0.29) is 23.7 Å². The fourth-order valence-corrected chi connectivity index (χ4v) is 2.43. The molecule has 1 saturated carbocycles. The van der Waals surface area contributed by atoms with Crippen molar-refractivity contribution >= 4 is 11.8 Å². The summed E-state index contributed by atoms with van der Waals surface area (Å²) < 4.78 is 0. The molecule has 0 radical (unpaired) electrons. The second-order valence-corrected chi connectivity index (χ2v) is 5.00. The Kier molecular flexibility index (Phi) is 4.93. The lowest BCUT2D eigenvalue weighted by Gasteiger charge is -2.22. The van der Waals surface area contributed by atoms with Gasteiger partial charge >= 0.3 is 0 Å². The fourth-order valence-electron chi connectivity index (χ4n) is 2.43. The highest BCUT2D eigenvalue weighted by Crippen LogP contribution is 2.30. The molecule has 3 unspecified atom stereocenters. The van der Waals surface area contributed by atoms with Crippen molar-refractivity contribution in [2.45, 2.75) is 32.2 Å². The van der Waals surface area contributed by atoms with E-state index in [0.29, 0.717) is 6.54 Å². The van der Waals surface area contributed by atoms with Gasteiger partial charge in [0.2, 0.25) is 11.8 Å². The summed E-state index contributed by atoms with van der Waals surface area (Å²) in [6.45, 7) is 2.26. The molecule has 1 fully saturated rings. The number of carbonyl (C=O) groups excluding carboxylic acids is 2. The molecule has 3 atom stereocenters. The van der Waals surface area contributed by atoms with Crippen LogP contribution in [0.15, 0.2) is 0 Å². The molecule has 5 nitrogen and oxygen atoms in total. The number of amides is 2. The molecule has 0 bridgehead atoms. The Morgan fingerprint density at radius 1 is 1.41 bits per heavy atom. The number of hydrogen-bond acceptors (Lipinski definition) is 3. The Morgan fingerprint density at radius 3 is 2.59 bits per heavy atom. The minimum atomic E-state index is -0.462. The first-order chi connectivity index (χ1) is 7.97. The lowest BCUT2D eigenvalue weighted by atomic mass is 9.95. The molecular formula is C12H23N3O2. The summed E-state index contributed by atoms with van der Waals surface area (Å²) >= 11 is 0. The van der Waals surface area contributed by atoms with Gasteiger partial charge in [-0.3, -0.25) is 9.59 Å². The Balaban J connectivity index is 2.51. The van der Waals surface area contributed by atoms with Gasteiger partial charge in [-0.2, -0.15) is 0 Å². The van der Waals surface area contributed by atoms with Crippen LogP contribution in [0, 0.1) is 11.8 Å². The van der Waals surface area contributed by atoms with Crippen molar-refractivity contribution in [3.05, 3.63) is 0 Å². The highest BCUT2D eigenvalue weighted by Gasteiger charge is 2.33. The molecule has 0 heterocycles. The van der Waals surface area contributed by atoms with E-state index < -0.39 is 6.04 Å². The molecule has 2 amide bonds. The van der Waals surface area contributed by atoms with Crippen LogP contribution in [-0.4, -0.2) is 43.4 Å². The average Bonchev–Trinajstić information content (AvgIpc) is 2.75. The highest BCUT2D eigenvalue weighted by atomic mass is 16.2. The van der Waals surface area contributed by atoms with Crippen molar-refractivity contribution in [2.24, 2.45) is 17.6 Å².